The zero-order valence-corrected chi connectivity index (χ0v) is 20.8. The second-order valence-electron chi connectivity index (χ2n) is 9.01. The number of piperazine rings is 2. The van der Waals surface area contributed by atoms with E-state index in [9.17, 15) is 9.59 Å². The van der Waals surface area contributed by atoms with E-state index in [-0.39, 0.29) is 23.2 Å². The highest BCUT2D eigenvalue weighted by molar-refractivity contribution is 5.96. The average Bonchev–Trinajstić information content (AvgIpc) is 2.88. The normalized spacial score (nSPS) is 16.7. The maximum absolute atomic E-state index is 15.0. The van der Waals surface area contributed by atoms with Crippen LogP contribution in [0.1, 0.15) is 23.1 Å². The van der Waals surface area contributed by atoms with Crippen molar-refractivity contribution in [2.24, 2.45) is 5.73 Å². The minimum atomic E-state index is -0.720. The minimum Gasteiger partial charge on any atom is -0.367 e. The Hall–Kier alpha value is -3.73. The number of anilines is 4. The van der Waals surface area contributed by atoms with Crippen LogP contribution in [0.4, 0.5) is 27.4 Å². The number of halogens is 1. The van der Waals surface area contributed by atoms with Crippen molar-refractivity contribution in [1.82, 2.24) is 19.8 Å². The second kappa shape index (κ2) is 10.9. The van der Waals surface area contributed by atoms with E-state index in [0.717, 1.165) is 26.2 Å². The predicted octanol–water partition coefficient (Wildman–Crippen LogP) is 1.61. The Morgan fingerprint density at radius 1 is 1.08 bits per heavy atom. The Morgan fingerprint density at radius 2 is 1.75 bits per heavy atom. The van der Waals surface area contributed by atoms with Crippen molar-refractivity contribution in [2.75, 3.05) is 74.5 Å². The molecule has 2 aliphatic heterocycles. The highest BCUT2D eigenvalue weighted by Crippen LogP contribution is 2.29. The van der Waals surface area contributed by atoms with Gasteiger partial charge in [0.2, 0.25) is 5.91 Å². The Morgan fingerprint density at radius 3 is 2.33 bits per heavy atom. The maximum atomic E-state index is 15.0. The van der Waals surface area contributed by atoms with Gasteiger partial charge in [-0.15, -0.1) is 0 Å². The van der Waals surface area contributed by atoms with Gasteiger partial charge in [0, 0.05) is 58.0 Å². The Labute approximate surface area is 210 Å². The van der Waals surface area contributed by atoms with Crippen LogP contribution < -0.4 is 20.9 Å². The summed E-state index contributed by atoms with van der Waals surface area (Å²) >= 11 is 0. The lowest BCUT2D eigenvalue weighted by Gasteiger charge is -2.35. The van der Waals surface area contributed by atoms with Crippen molar-refractivity contribution in [2.45, 2.75) is 13.3 Å². The van der Waals surface area contributed by atoms with Crippen LogP contribution in [0.5, 0.6) is 0 Å². The van der Waals surface area contributed by atoms with Gasteiger partial charge < -0.3 is 30.7 Å². The van der Waals surface area contributed by atoms with Crippen LogP contribution in [0.3, 0.4) is 0 Å². The Bertz CT molecular complexity index is 1140. The first-order chi connectivity index (χ1) is 17.3. The molecule has 2 saturated heterocycles. The molecule has 3 N–H and O–H groups in total. The van der Waals surface area contributed by atoms with Crippen molar-refractivity contribution >= 4 is 34.8 Å². The van der Waals surface area contributed by atoms with Gasteiger partial charge in [-0.3, -0.25) is 9.59 Å². The molecule has 0 spiro atoms. The third kappa shape index (κ3) is 5.40. The molecule has 4 rings (SSSR count). The molecule has 0 radical (unpaired) electrons. The fourth-order valence-corrected chi connectivity index (χ4v) is 4.50. The summed E-state index contributed by atoms with van der Waals surface area (Å²) in [4.78, 5) is 41.4. The summed E-state index contributed by atoms with van der Waals surface area (Å²) < 4.78 is 15.0. The summed E-state index contributed by atoms with van der Waals surface area (Å²) in [6, 6.07) is 4.89. The van der Waals surface area contributed by atoms with Gasteiger partial charge in [0.25, 0.3) is 5.91 Å². The molecule has 1 aromatic heterocycles. The van der Waals surface area contributed by atoms with Gasteiger partial charge in [0.1, 0.15) is 5.82 Å². The standard InChI is InChI=1S/C25H33FN8O2/c1-4-19-25(34-14-12-33(13-15-34)21(35)5-2)30-24(22(29-19)23(27)36)28-17-6-7-20(18(26)16-17)32-10-8-31(3)9-11-32/h5-7,16H,2,4,8-15H2,1,3H3,(H2,27,36)(H,28,30). The summed E-state index contributed by atoms with van der Waals surface area (Å²) in [6.07, 6.45) is 1.85. The lowest BCUT2D eigenvalue weighted by Crippen LogP contribution is -2.49. The van der Waals surface area contributed by atoms with E-state index in [1.54, 1.807) is 17.0 Å². The number of hydrogen-bond acceptors (Lipinski definition) is 8. The average molecular weight is 497 g/mol. The molecule has 2 amide bonds. The molecule has 0 atom stereocenters. The monoisotopic (exact) mass is 496 g/mol. The van der Waals surface area contributed by atoms with Crippen molar-refractivity contribution in [1.29, 1.82) is 0 Å². The summed E-state index contributed by atoms with van der Waals surface area (Å²) in [6.45, 7) is 10.9. The number of rotatable bonds is 7. The van der Waals surface area contributed by atoms with Crippen molar-refractivity contribution in [3.63, 3.8) is 0 Å². The van der Waals surface area contributed by atoms with Crippen molar-refractivity contribution in [3.05, 3.63) is 48.1 Å². The molecule has 0 aliphatic carbocycles. The van der Waals surface area contributed by atoms with Gasteiger partial charge in [0.05, 0.1) is 11.4 Å². The highest BCUT2D eigenvalue weighted by Gasteiger charge is 2.25. The van der Waals surface area contributed by atoms with Gasteiger partial charge >= 0.3 is 0 Å². The number of benzene rings is 1. The van der Waals surface area contributed by atoms with E-state index in [1.807, 2.05) is 16.7 Å². The maximum Gasteiger partial charge on any atom is 0.271 e. The van der Waals surface area contributed by atoms with Crippen molar-refractivity contribution in [3.8, 4) is 0 Å². The van der Waals surface area contributed by atoms with E-state index in [2.05, 4.69) is 28.8 Å². The largest absolute Gasteiger partial charge is 0.367 e. The number of nitrogens with two attached hydrogens (primary N) is 1. The van der Waals surface area contributed by atoms with E-state index in [1.165, 1.54) is 12.1 Å². The number of primary amides is 1. The van der Waals surface area contributed by atoms with E-state index in [0.29, 0.717) is 55.5 Å². The molecule has 2 fully saturated rings. The molecule has 36 heavy (non-hydrogen) atoms. The van der Waals surface area contributed by atoms with Crippen LogP contribution in [0.25, 0.3) is 0 Å². The smallest absolute Gasteiger partial charge is 0.271 e. The van der Waals surface area contributed by atoms with E-state index >= 15 is 4.39 Å². The van der Waals surface area contributed by atoms with Gasteiger partial charge in [-0.2, -0.15) is 0 Å². The summed E-state index contributed by atoms with van der Waals surface area (Å²) in [5, 5.41) is 3.05. The predicted molar refractivity (Wildman–Crippen MR) is 138 cm³/mol. The quantitative estimate of drug-likeness (QED) is 0.557. The van der Waals surface area contributed by atoms with Crippen LogP contribution >= 0.6 is 0 Å². The molecule has 3 heterocycles. The van der Waals surface area contributed by atoms with Crippen LogP contribution in [-0.4, -0.2) is 91.0 Å². The molecule has 0 saturated carbocycles. The fourth-order valence-electron chi connectivity index (χ4n) is 4.50. The number of carbonyl (C=O) groups excluding carboxylic acids is 2. The number of hydrogen-bond donors (Lipinski definition) is 2. The molecule has 11 heteroatoms. The summed E-state index contributed by atoms with van der Waals surface area (Å²) in [7, 11) is 2.05. The fraction of sp³-hybridized carbons (Fsp3) is 0.440. The highest BCUT2D eigenvalue weighted by atomic mass is 19.1. The zero-order chi connectivity index (χ0) is 25.8. The van der Waals surface area contributed by atoms with Gasteiger partial charge in [0.15, 0.2) is 17.3 Å². The molecular weight excluding hydrogens is 463 g/mol. The Balaban J connectivity index is 1.59. The molecule has 192 valence electrons. The first kappa shape index (κ1) is 25.4. The van der Waals surface area contributed by atoms with Gasteiger partial charge in [-0.25, -0.2) is 14.4 Å². The van der Waals surface area contributed by atoms with Crippen LogP contribution in [0.15, 0.2) is 30.9 Å². The van der Waals surface area contributed by atoms with Crippen LogP contribution in [0, 0.1) is 5.82 Å². The second-order valence-corrected chi connectivity index (χ2v) is 9.01. The molecule has 2 aliphatic rings. The Kier molecular flexibility index (Phi) is 7.68. The molecule has 2 aromatic rings. The minimum absolute atomic E-state index is 0.000349. The topological polar surface area (TPSA) is 111 Å². The number of aromatic nitrogens is 2. The summed E-state index contributed by atoms with van der Waals surface area (Å²) in [5.41, 5.74) is 7.24. The number of likely N-dealkylation sites (N-methyl/N-ethyl adjacent to an activating group) is 1. The number of nitrogens with one attached hydrogen (secondary N) is 1. The zero-order valence-electron chi connectivity index (χ0n) is 20.8. The lowest BCUT2D eigenvalue weighted by atomic mass is 10.2. The molecular formula is C25H33FN8O2. The first-order valence-electron chi connectivity index (χ1n) is 12.2. The summed E-state index contributed by atoms with van der Waals surface area (Å²) in [5.74, 6) is -0.394. The van der Waals surface area contributed by atoms with Gasteiger partial charge in [-0.1, -0.05) is 13.5 Å². The first-order valence-corrected chi connectivity index (χ1v) is 12.2. The number of aryl methyl sites for hydroxylation is 1. The van der Waals surface area contributed by atoms with Crippen molar-refractivity contribution < 1.29 is 14.0 Å². The third-order valence-electron chi connectivity index (χ3n) is 6.64. The van der Waals surface area contributed by atoms with E-state index in [4.69, 9.17) is 10.7 Å². The molecule has 0 unspecified atom stereocenters. The number of amides is 2. The third-order valence-corrected chi connectivity index (χ3v) is 6.64. The van der Waals surface area contributed by atoms with Gasteiger partial charge in [-0.05, 0) is 37.7 Å². The number of carbonyl (C=O) groups is 2. The number of nitrogens with zero attached hydrogens (tertiary/aromatic N) is 6. The lowest BCUT2D eigenvalue weighted by molar-refractivity contribution is -0.126. The molecule has 10 nitrogen and oxygen atoms in total. The van der Waals surface area contributed by atoms with E-state index < -0.39 is 5.91 Å². The molecule has 0 bridgehead atoms. The molecule has 1 aromatic carbocycles. The SMILES string of the molecule is C=CC(=O)N1CCN(c2nc(Nc3ccc(N4CCN(C)CC4)c(F)c3)c(C(N)=O)nc2CC)CC1. The van der Waals surface area contributed by atoms with Crippen LogP contribution in [0.2, 0.25) is 0 Å². The van der Waals surface area contributed by atoms with Crippen LogP contribution in [-0.2, 0) is 11.2 Å².